The molecule has 20 heavy (non-hydrogen) atoms. The first kappa shape index (κ1) is 17.1. The predicted molar refractivity (Wildman–Crippen MR) is 80.9 cm³/mol. The van der Waals surface area contributed by atoms with E-state index in [1.807, 2.05) is 11.6 Å². The number of aliphatic hydroxyl groups excluding tert-OH is 1. The molecule has 0 aliphatic rings. The molecule has 0 fully saturated rings. The van der Waals surface area contributed by atoms with Crippen molar-refractivity contribution in [1.29, 1.82) is 0 Å². The first-order valence-corrected chi connectivity index (χ1v) is 7.46. The van der Waals surface area contributed by atoms with E-state index < -0.39 is 6.10 Å². The van der Waals surface area contributed by atoms with E-state index in [1.54, 1.807) is 0 Å². The monoisotopic (exact) mass is 283 g/mol. The van der Waals surface area contributed by atoms with Crippen molar-refractivity contribution in [2.24, 2.45) is 5.92 Å². The van der Waals surface area contributed by atoms with Gasteiger partial charge in [-0.3, -0.25) is 4.68 Å². The highest BCUT2D eigenvalue weighted by molar-refractivity contribution is 5.06. The van der Waals surface area contributed by atoms with Gasteiger partial charge < -0.3 is 15.2 Å². The third kappa shape index (κ3) is 7.03. The Bertz CT molecular complexity index is 377. The Morgan fingerprint density at radius 1 is 1.35 bits per heavy atom. The number of rotatable bonds is 10. The summed E-state index contributed by atoms with van der Waals surface area (Å²) in [4.78, 5) is 0. The van der Waals surface area contributed by atoms with Crippen molar-refractivity contribution in [3.63, 3.8) is 0 Å². The molecule has 5 heteroatoms. The fraction of sp³-hybridized carbons (Fsp3) is 0.800. The topological polar surface area (TPSA) is 59.3 Å². The molecule has 1 atom stereocenters. The molecule has 0 saturated carbocycles. The van der Waals surface area contributed by atoms with Crippen LogP contribution >= 0.6 is 0 Å². The summed E-state index contributed by atoms with van der Waals surface area (Å²) < 4.78 is 7.42. The molecular formula is C15H29N3O2. The molecule has 0 aliphatic heterocycles. The van der Waals surface area contributed by atoms with Gasteiger partial charge in [0.05, 0.1) is 18.4 Å². The van der Waals surface area contributed by atoms with Gasteiger partial charge in [0.2, 0.25) is 0 Å². The average molecular weight is 283 g/mol. The number of nitrogens with one attached hydrogen (secondary N) is 1. The molecular weight excluding hydrogens is 254 g/mol. The van der Waals surface area contributed by atoms with Crippen LogP contribution in [0.4, 0.5) is 0 Å². The van der Waals surface area contributed by atoms with E-state index in [4.69, 9.17) is 4.74 Å². The summed E-state index contributed by atoms with van der Waals surface area (Å²) in [6, 6.07) is 2.09. The summed E-state index contributed by atoms with van der Waals surface area (Å²) >= 11 is 0. The molecule has 0 aliphatic carbocycles. The van der Waals surface area contributed by atoms with E-state index in [0.717, 1.165) is 25.2 Å². The third-order valence-corrected chi connectivity index (χ3v) is 2.97. The summed E-state index contributed by atoms with van der Waals surface area (Å²) in [7, 11) is 0. The molecule has 0 spiro atoms. The van der Waals surface area contributed by atoms with Crippen LogP contribution in [0.15, 0.2) is 6.07 Å². The van der Waals surface area contributed by atoms with Crippen molar-refractivity contribution < 1.29 is 9.84 Å². The van der Waals surface area contributed by atoms with Crippen molar-refractivity contribution in [2.75, 3.05) is 26.3 Å². The van der Waals surface area contributed by atoms with Gasteiger partial charge >= 0.3 is 0 Å². The minimum absolute atomic E-state index is 0.405. The lowest BCUT2D eigenvalue weighted by atomic mass is 10.2. The van der Waals surface area contributed by atoms with Crippen molar-refractivity contribution in [3.8, 4) is 0 Å². The highest BCUT2D eigenvalue weighted by atomic mass is 16.5. The molecule has 0 bridgehead atoms. The van der Waals surface area contributed by atoms with E-state index in [0.29, 0.717) is 25.7 Å². The highest BCUT2D eigenvalue weighted by Crippen LogP contribution is 2.02. The van der Waals surface area contributed by atoms with Crippen molar-refractivity contribution >= 4 is 0 Å². The van der Waals surface area contributed by atoms with Gasteiger partial charge in [-0.15, -0.1) is 0 Å². The Morgan fingerprint density at radius 2 is 2.10 bits per heavy atom. The second-order valence-corrected chi connectivity index (χ2v) is 5.79. The molecule has 0 radical (unpaired) electrons. The highest BCUT2D eigenvalue weighted by Gasteiger charge is 2.05. The Kier molecular flexibility index (Phi) is 7.80. The average Bonchev–Trinajstić information content (AvgIpc) is 2.67. The Morgan fingerprint density at radius 3 is 2.70 bits per heavy atom. The standard InChI is InChI=1S/C15H29N3O2/c1-12(2)10-20-11-15(19)9-16-6-5-7-18-14(4)8-13(3)17-18/h8,12,15-16,19H,5-7,9-11H2,1-4H3. The SMILES string of the molecule is Cc1cc(C)n(CCCNCC(O)COCC(C)C)n1. The Hall–Kier alpha value is -0.910. The summed E-state index contributed by atoms with van der Waals surface area (Å²) in [6.45, 7) is 11.8. The third-order valence-electron chi connectivity index (χ3n) is 2.97. The van der Waals surface area contributed by atoms with Gasteiger partial charge in [0.25, 0.3) is 0 Å². The number of aliphatic hydroxyl groups is 1. The van der Waals surface area contributed by atoms with Gasteiger partial charge in [0.15, 0.2) is 0 Å². The maximum Gasteiger partial charge on any atom is 0.0897 e. The molecule has 2 N–H and O–H groups in total. The minimum Gasteiger partial charge on any atom is -0.389 e. The first-order valence-electron chi connectivity index (χ1n) is 7.46. The molecule has 0 aromatic carbocycles. The lowest BCUT2D eigenvalue weighted by Crippen LogP contribution is -2.31. The molecule has 1 aromatic heterocycles. The molecule has 0 amide bonds. The quantitative estimate of drug-likeness (QED) is 0.639. The van der Waals surface area contributed by atoms with Crippen LogP contribution in [0.1, 0.15) is 31.7 Å². The molecule has 1 unspecified atom stereocenters. The van der Waals surface area contributed by atoms with Crippen LogP contribution in [0.5, 0.6) is 0 Å². The number of aryl methyl sites for hydroxylation is 3. The zero-order valence-electron chi connectivity index (χ0n) is 13.2. The number of nitrogens with zero attached hydrogens (tertiary/aromatic N) is 2. The van der Waals surface area contributed by atoms with Crippen LogP contribution in [-0.2, 0) is 11.3 Å². The van der Waals surface area contributed by atoms with Crippen molar-refractivity contribution in [2.45, 2.75) is 46.8 Å². The summed E-state index contributed by atoms with van der Waals surface area (Å²) in [5.41, 5.74) is 2.26. The van der Waals surface area contributed by atoms with Gasteiger partial charge in [-0.2, -0.15) is 5.10 Å². The van der Waals surface area contributed by atoms with Crippen LogP contribution in [0, 0.1) is 19.8 Å². The zero-order valence-corrected chi connectivity index (χ0v) is 13.2. The van der Waals surface area contributed by atoms with E-state index >= 15 is 0 Å². The molecule has 1 aromatic rings. The van der Waals surface area contributed by atoms with Crippen LogP contribution in [0.3, 0.4) is 0 Å². The minimum atomic E-state index is -0.428. The largest absolute Gasteiger partial charge is 0.389 e. The molecule has 0 saturated heterocycles. The van der Waals surface area contributed by atoms with E-state index in [1.165, 1.54) is 5.69 Å². The number of hydrogen-bond donors (Lipinski definition) is 2. The maximum absolute atomic E-state index is 9.72. The Balaban J connectivity index is 2.03. The van der Waals surface area contributed by atoms with Crippen molar-refractivity contribution in [1.82, 2.24) is 15.1 Å². The van der Waals surface area contributed by atoms with Crippen LogP contribution in [0.2, 0.25) is 0 Å². The van der Waals surface area contributed by atoms with Crippen LogP contribution in [-0.4, -0.2) is 47.3 Å². The normalized spacial score (nSPS) is 13.1. The second kappa shape index (κ2) is 9.10. The zero-order chi connectivity index (χ0) is 15.0. The second-order valence-electron chi connectivity index (χ2n) is 5.79. The molecule has 116 valence electrons. The molecule has 1 heterocycles. The lowest BCUT2D eigenvalue weighted by Gasteiger charge is -2.13. The van der Waals surface area contributed by atoms with Gasteiger partial charge in [0, 0.05) is 25.4 Å². The number of aromatic nitrogens is 2. The van der Waals surface area contributed by atoms with Gasteiger partial charge in [0.1, 0.15) is 0 Å². The summed E-state index contributed by atoms with van der Waals surface area (Å²) in [6.07, 6.45) is 0.573. The predicted octanol–water partition coefficient (Wildman–Crippen LogP) is 1.51. The number of hydrogen-bond acceptors (Lipinski definition) is 4. The van der Waals surface area contributed by atoms with Crippen molar-refractivity contribution in [3.05, 3.63) is 17.5 Å². The Labute approximate surface area is 122 Å². The first-order chi connectivity index (χ1) is 9.49. The summed E-state index contributed by atoms with van der Waals surface area (Å²) in [5, 5.41) is 17.4. The fourth-order valence-electron chi connectivity index (χ4n) is 2.02. The number of ether oxygens (including phenoxy) is 1. The lowest BCUT2D eigenvalue weighted by molar-refractivity contribution is 0.0262. The van der Waals surface area contributed by atoms with E-state index in [9.17, 15) is 5.11 Å². The van der Waals surface area contributed by atoms with Crippen LogP contribution < -0.4 is 5.32 Å². The van der Waals surface area contributed by atoms with E-state index in [-0.39, 0.29) is 0 Å². The van der Waals surface area contributed by atoms with Crippen LogP contribution in [0.25, 0.3) is 0 Å². The summed E-state index contributed by atoms with van der Waals surface area (Å²) in [5.74, 6) is 0.510. The van der Waals surface area contributed by atoms with Gasteiger partial charge in [-0.1, -0.05) is 13.8 Å². The smallest absolute Gasteiger partial charge is 0.0897 e. The maximum atomic E-state index is 9.72. The molecule has 5 nitrogen and oxygen atoms in total. The van der Waals surface area contributed by atoms with E-state index in [2.05, 4.69) is 37.3 Å². The van der Waals surface area contributed by atoms with Gasteiger partial charge in [-0.05, 0) is 38.8 Å². The fourth-order valence-corrected chi connectivity index (χ4v) is 2.02. The molecule has 1 rings (SSSR count). The van der Waals surface area contributed by atoms with Gasteiger partial charge in [-0.25, -0.2) is 0 Å².